The number of ether oxygens (including phenoxy) is 2. The Labute approximate surface area is 133 Å². The van der Waals surface area contributed by atoms with Gasteiger partial charge in [0.15, 0.2) is 0 Å². The molecule has 2 N–H and O–H groups in total. The lowest BCUT2D eigenvalue weighted by molar-refractivity contribution is 0.0696. The fourth-order valence-electron chi connectivity index (χ4n) is 1.82. The molecule has 23 heavy (non-hydrogen) atoms. The lowest BCUT2D eigenvalue weighted by Gasteiger charge is -2.09. The molecule has 0 aliphatic rings. The first-order chi connectivity index (χ1) is 11.1. The number of hydrogen-bond acceptors (Lipinski definition) is 4. The monoisotopic (exact) mass is 315 g/mol. The predicted octanol–water partition coefficient (Wildman–Crippen LogP) is 2.69. The fourth-order valence-corrected chi connectivity index (χ4v) is 1.82. The molecular weight excluding hydrogens is 298 g/mol. The molecule has 0 bridgehead atoms. The largest absolute Gasteiger partial charge is 0.492 e. The molecule has 0 fully saturated rings. The molecule has 6 nitrogen and oxygen atoms in total. The smallest absolute Gasteiger partial charge is 0.407 e. The van der Waals surface area contributed by atoms with E-state index in [2.05, 4.69) is 5.32 Å². The number of aromatic carboxylic acids is 1. The van der Waals surface area contributed by atoms with Crippen molar-refractivity contribution in [2.45, 2.75) is 6.61 Å². The standard InChI is InChI=1S/C17H17NO5/c19-16(20)14-7-4-8-15(11-14)22-10-9-18-17(21)23-12-13-5-2-1-3-6-13/h1-8,11H,9-10,12H2,(H,18,21)(H,19,20). The van der Waals surface area contributed by atoms with E-state index >= 15 is 0 Å². The maximum atomic E-state index is 11.5. The van der Waals surface area contributed by atoms with Crippen molar-refractivity contribution in [2.75, 3.05) is 13.2 Å². The van der Waals surface area contributed by atoms with Gasteiger partial charge in [-0.05, 0) is 23.8 Å². The second kappa shape index (κ2) is 8.43. The molecule has 2 aromatic carbocycles. The molecule has 0 radical (unpaired) electrons. The number of carbonyl (C=O) groups excluding carboxylic acids is 1. The first-order valence-corrected chi connectivity index (χ1v) is 7.06. The zero-order valence-electron chi connectivity index (χ0n) is 12.4. The SMILES string of the molecule is O=C(NCCOc1cccc(C(=O)O)c1)OCc1ccccc1. The van der Waals surface area contributed by atoms with Crippen molar-refractivity contribution in [3.8, 4) is 5.75 Å². The third-order valence-electron chi connectivity index (χ3n) is 2.93. The number of carboxylic acids is 1. The Kier molecular flexibility index (Phi) is 5.99. The first-order valence-electron chi connectivity index (χ1n) is 7.06. The molecule has 6 heteroatoms. The summed E-state index contributed by atoms with van der Waals surface area (Å²) in [5, 5.41) is 11.4. The van der Waals surface area contributed by atoms with Crippen molar-refractivity contribution in [1.82, 2.24) is 5.32 Å². The van der Waals surface area contributed by atoms with Gasteiger partial charge in [-0.15, -0.1) is 0 Å². The Morgan fingerprint density at radius 1 is 1.04 bits per heavy atom. The summed E-state index contributed by atoms with van der Waals surface area (Å²) < 4.78 is 10.4. The van der Waals surface area contributed by atoms with E-state index < -0.39 is 12.1 Å². The summed E-state index contributed by atoms with van der Waals surface area (Å²) in [7, 11) is 0. The molecule has 0 unspecified atom stereocenters. The Balaban J connectivity index is 1.66. The number of rotatable bonds is 7. The molecule has 0 aliphatic carbocycles. The van der Waals surface area contributed by atoms with Gasteiger partial charge in [-0.2, -0.15) is 0 Å². The van der Waals surface area contributed by atoms with Crippen molar-refractivity contribution >= 4 is 12.1 Å². The van der Waals surface area contributed by atoms with Crippen molar-refractivity contribution in [3.05, 3.63) is 65.7 Å². The number of nitrogens with one attached hydrogen (secondary N) is 1. The summed E-state index contributed by atoms with van der Waals surface area (Å²) in [5.74, 6) is -0.581. The Morgan fingerprint density at radius 2 is 1.83 bits per heavy atom. The summed E-state index contributed by atoms with van der Waals surface area (Å²) in [4.78, 5) is 22.3. The minimum Gasteiger partial charge on any atom is -0.492 e. The minimum atomic E-state index is -1.02. The number of alkyl carbamates (subject to hydrolysis) is 1. The number of hydrogen-bond donors (Lipinski definition) is 2. The molecule has 1 amide bonds. The van der Waals surface area contributed by atoms with Crippen LogP contribution in [0.25, 0.3) is 0 Å². The van der Waals surface area contributed by atoms with Crippen molar-refractivity contribution < 1.29 is 24.2 Å². The van der Waals surface area contributed by atoms with Gasteiger partial charge in [-0.1, -0.05) is 36.4 Å². The Morgan fingerprint density at radius 3 is 2.57 bits per heavy atom. The van der Waals surface area contributed by atoms with Crippen molar-refractivity contribution in [1.29, 1.82) is 0 Å². The van der Waals surface area contributed by atoms with Gasteiger partial charge in [0, 0.05) is 0 Å². The quantitative estimate of drug-likeness (QED) is 0.767. The predicted molar refractivity (Wildman–Crippen MR) is 83.5 cm³/mol. The maximum Gasteiger partial charge on any atom is 0.407 e. The van der Waals surface area contributed by atoms with Crippen molar-refractivity contribution in [2.24, 2.45) is 0 Å². The van der Waals surface area contributed by atoms with Gasteiger partial charge in [0.2, 0.25) is 0 Å². The van der Waals surface area contributed by atoms with Gasteiger partial charge in [0.1, 0.15) is 19.0 Å². The van der Waals surface area contributed by atoms with Crippen LogP contribution in [0.4, 0.5) is 4.79 Å². The Bertz CT molecular complexity index is 657. The van der Waals surface area contributed by atoms with Crippen LogP contribution >= 0.6 is 0 Å². The van der Waals surface area contributed by atoms with Gasteiger partial charge in [0.25, 0.3) is 0 Å². The molecule has 0 aliphatic heterocycles. The van der Waals surface area contributed by atoms with Crippen LogP contribution < -0.4 is 10.1 Å². The average molecular weight is 315 g/mol. The molecular formula is C17H17NO5. The van der Waals surface area contributed by atoms with E-state index in [1.165, 1.54) is 12.1 Å². The molecule has 0 aromatic heterocycles. The van der Waals surface area contributed by atoms with E-state index in [0.29, 0.717) is 5.75 Å². The van der Waals surface area contributed by atoms with Crippen LogP contribution in [0.1, 0.15) is 15.9 Å². The van der Waals surface area contributed by atoms with E-state index in [1.54, 1.807) is 12.1 Å². The summed E-state index contributed by atoms with van der Waals surface area (Å²) in [6, 6.07) is 15.5. The zero-order chi connectivity index (χ0) is 16.5. The van der Waals surface area contributed by atoms with E-state index in [0.717, 1.165) is 5.56 Å². The van der Waals surface area contributed by atoms with Crippen molar-refractivity contribution in [3.63, 3.8) is 0 Å². The summed E-state index contributed by atoms with van der Waals surface area (Å²) >= 11 is 0. The van der Waals surface area contributed by atoms with Crippen LogP contribution in [0.5, 0.6) is 5.75 Å². The van der Waals surface area contributed by atoms with Gasteiger partial charge >= 0.3 is 12.1 Å². The van der Waals surface area contributed by atoms with Crippen LogP contribution in [-0.2, 0) is 11.3 Å². The normalized spacial score (nSPS) is 9.91. The number of carbonyl (C=O) groups is 2. The third-order valence-corrected chi connectivity index (χ3v) is 2.93. The third kappa shape index (κ3) is 5.70. The second-order valence-electron chi connectivity index (χ2n) is 4.67. The van der Waals surface area contributed by atoms with Crippen LogP contribution in [0.3, 0.4) is 0 Å². The molecule has 120 valence electrons. The zero-order valence-corrected chi connectivity index (χ0v) is 12.4. The highest BCUT2D eigenvalue weighted by atomic mass is 16.5. The molecule has 2 rings (SSSR count). The summed E-state index contributed by atoms with van der Waals surface area (Å²) in [6.45, 7) is 0.669. The number of amides is 1. The molecule has 2 aromatic rings. The second-order valence-corrected chi connectivity index (χ2v) is 4.67. The van der Waals surface area contributed by atoms with Crippen LogP contribution in [-0.4, -0.2) is 30.3 Å². The average Bonchev–Trinajstić information content (AvgIpc) is 2.58. The van der Waals surface area contributed by atoms with Crippen LogP contribution in [0.15, 0.2) is 54.6 Å². The van der Waals surface area contributed by atoms with E-state index in [9.17, 15) is 9.59 Å². The first kappa shape index (κ1) is 16.4. The maximum absolute atomic E-state index is 11.5. The van der Waals surface area contributed by atoms with Crippen LogP contribution in [0.2, 0.25) is 0 Å². The minimum absolute atomic E-state index is 0.151. The van der Waals surface area contributed by atoms with Gasteiger partial charge < -0.3 is 19.9 Å². The van der Waals surface area contributed by atoms with E-state index in [1.807, 2.05) is 30.3 Å². The molecule has 0 saturated carbocycles. The molecule has 0 saturated heterocycles. The lowest BCUT2D eigenvalue weighted by Crippen LogP contribution is -2.28. The number of benzene rings is 2. The summed E-state index contributed by atoms with van der Waals surface area (Å²) in [5.41, 5.74) is 1.06. The molecule has 0 spiro atoms. The van der Waals surface area contributed by atoms with E-state index in [4.69, 9.17) is 14.6 Å². The van der Waals surface area contributed by atoms with Gasteiger partial charge in [-0.3, -0.25) is 0 Å². The highest BCUT2D eigenvalue weighted by molar-refractivity contribution is 5.88. The van der Waals surface area contributed by atoms with E-state index in [-0.39, 0.29) is 25.3 Å². The molecule has 0 atom stereocenters. The fraction of sp³-hybridized carbons (Fsp3) is 0.176. The highest BCUT2D eigenvalue weighted by Crippen LogP contribution is 2.12. The lowest BCUT2D eigenvalue weighted by atomic mass is 10.2. The van der Waals surface area contributed by atoms with Gasteiger partial charge in [-0.25, -0.2) is 9.59 Å². The highest BCUT2D eigenvalue weighted by Gasteiger charge is 2.05. The van der Waals surface area contributed by atoms with Gasteiger partial charge in [0.05, 0.1) is 12.1 Å². The van der Waals surface area contributed by atoms with Crippen LogP contribution in [0, 0.1) is 0 Å². The topological polar surface area (TPSA) is 84.9 Å². The summed E-state index contributed by atoms with van der Waals surface area (Å²) in [6.07, 6.45) is -0.531. The molecule has 0 heterocycles. The Hall–Kier alpha value is -3.02. The number of carboxylic acid groups (broad SMARTS) is 1.